The second-order valence-electron chi connectivity index (χ2n) is 5.37. The van der Waals surface area contributed by atoms with E-state index in [4.69, 9.17) is 5.11 Å². The molecule has 2 saturated heterocycles. The monoisotopic (exact) mass is 224 g/mol. The van der Waals surface area contributed by atoms with Crippen molar-refractivity contribution in [1.82, 2.24) is 9.80 Å². The molecular formula is C12H20N2O2. The number of hydrogen-bond acceptors (Lipinski definition) is 3. The third-order valence-corrected chi connectivity index (χ3v) is 4.46. The summed E-state index contributed by atoms with van der Waals surface area (Å²) in [7, 11) is 0. The lowest BCUT2D eigenvalue weighted by Gasteiger charge is -2.23. The number of carbonyl (C=O) groups is 1. The summed E-state index contributed by atoms with van der Waals surface area (Å²) in [5, 5.41) is 9.04. The lowest BCUT2D eigenvalue weighted by atomic mass is 10.2. The molecule has 1 aliphatic carbocycles. The van der Waals surface area contributed by atoms with Gasteiger partial charge >= 0.3 is 0 Å². The highest BCUT2D eigenvalue weighted by Crippen LogP contribution is 2.51. The van der Waals surface area contributed by atoms with Gasteiger partial charge in [0, 0.05) is 32.2 Å². The molecular weight excluding hydrogens is 204 g/mol. The van der Waals surface area contributed by atoms with Crippen LogP contribution in [0.25, 0.3) is 0 Å². The minimum absolute atomic E-state index is 0.170. The van der Waals surface area contributed by atoms with Gasteiger partial charge in [-0.25, -0.2) is 0 Å². The van der Waals surface area contributed by atoms with Crippen LogP contribution >= 0.6 is 0 Å². The first-order valence-corrected chi connectivity index (χ1v) is 6.43. The van der Waals surface area contributed by atoms with Crippen molar-refractivity contribution >= 4 is 5.91 Å². The molecule has 0 aromatic carbocycles. The molecule has 1 N–H and O–H groups in total. The Bertz CT molecular complexity index is 289. The number of amides is 1. The quantitative estimate of drug-likeness (QED) is 0.718. The van der Waals surface area contributed by atoms with E-state index in [9.17, 15) is 4.79 Å². The molecule has 3 rings (SSSR count). The van der Waals surface area contributed by atoms with E-state index in [2.05, 4.69) is 4.90 Å². The fourth-order valence-electron chi connectivity index (χ4n) is 3.33. The van der Waals surface area contributed by atoms with Crippen LogP contribution in [-0.4, -0.2) is 60.1 Å². The molecule has 3 unspecified atom stereocenters. The van der Waals surface area contributed by atoms with Gasteiger partial charge in [-0.3, -0.25) is 4.79 Å². The maximum absolute atomic E-state index is 11.9. The first-order valence-electron chi connectivity index (χ1n) is 6.43. The Balaban J connectivity index is 1.46. The Hall–Kier alpha value is -0.610. The largest absolute Gasteiger partial charge is 0.396 e. The van der Waals surface area contributed by atoms with E-state index in [0.717, 1.165) is 19.6 Å². The van der Waals surface area contributed by atoms with Gasteiger partial charge in [-0.05, 0) is 37.8 Å². The average molecular weight is 224 g/mol. The Kier molecular flexibility index (Phi) is 2.64. The Morgan fingerprint density at radius 3 is 2.56 bits per heavy atom. The van der Waals surface area contributed by atoms with Crippen molar-refractivity contribution in [3.05, 3.63) is 0 Å². The first-order chi connectivity index (χ1) is 7.81. The van der Waals surface area contributed by atoms with Crippen molar-refractivity contribution < 1.29 is 9.90 Å². The molecule has 3 aliphatic rings. The molecule has 3 atom stereocenters. The number of rotatable bonds is 4. The molecule has 3 fully saturated rings. The number of carbonyl (C=O) groups excluding carboxylic acids is 1. The fraction of sp³-hybridized carbons (Fsp3) is 0.917. The maximum atomic E-state index is 11.9. The van der Waals surface area contributed by atoms with Crippen molar-refractivity contribution in [2.45, 2.75) is 12.8 Å². The average Bonchev–Trinajstić information content (AvgIpc) is 2.64. The summed E-state index contributed by atoms with van der Waals surface area (Å²) in [5.41, 5.74) is 0. The van der Waals surface area contributed by atoms with Gasteiger partial charge in [-0.15, -0.1) is 0 Å². The summed E-state index contributed by atoms with van der Waals surface area (Å²) in [4.78, 5) is 16.4. The zero-order valence-electron chi connectivity index (χ0n) is 9.64. The molecule has 1 saturated carbocycles. The molecule has 0 bridgehead atoms. The minimum atomic E-state index is 0.170. The van der Waals surface area contributed by atoms with Gasteiger partial charge in [0.05, 0.1) is 0 Å². The van der Waals surface area contributed by atoms with E-state index in [1.807, 2.05) is 4.90 Å². The van der Waals surface area contributed by atoms with Crippen molar-refractivity contribution in [3.8, 4) is 0 Å². The van der Waals surface area contributed by atoms with Crippen molar-refractivity contribution in [2.75, 3.05) is 39.3 Å². The number of fused-ring (bicyclic) bond motifs is 1. The summed E-state index contributed by atoms with van der Waals surface area (Å²) < 4.78 is 0. The number of hydrogen-bond donors (Lipinski definition) is 1. The zero-order valence-corrected chi connectivity index (χ0v) is 9.64. The first kappa shape index (κ1) is 10.5. The normalized spacial score (nSPS) is 38.2. The topological polar surface area (TPSA) is 43.8 Å². The molecule has 0 radical (unpaired) electrons. The van der Waals surface area contributed by atoms with E-state index >= 15 is 0 Å². The van der Waals surface area contributed by atoms with Crippen LogP contribution in [0.2, 0.25) is 0 Å². The van der Waals surface area contributed by atoms with Gasteiger partial charge in [0.15, 0.2) is 0 Å². The second kappa shape index (κ2) is 4.00. The predicted molar refractivity (Wildman–Crippen MR) is 59.8 cm³/mol. The number of nitrogens with zero attached hydrogens (tertiary/aromatic N) is 2. The summed E-state index contributed by atoms with van der Waals surface area (Å²) in [6.07, 6.45) is 2.62. The maximum Gasteiger partial charge on any atom is 0.226 e. The van der Waals surface area contributed by atoms with Gasteiger partial charge < -0.3 is 14.9 Å². The molecule has 0 aromatic heterocycles. The van der Waals surface area contributed by atoms with E-state index < -0.39 is 0 Å². The molecule has 90 valence electrons. The van der Waals surface area contributed by atoms with Crippen LogP contribution in [0.5, 0.6) is 0 Å². The number of aliphatic hydroxyl groups excluding tert-OH is 1. The van der Waals surface area contributed by atoms with E-state index in [-0.39, 0.29) is 18.4 Å². The molecule has 0 aromatic rings. The van der Waals surface area contributed by atoms with Crippen LogP contribution in [0.4, 0.5) is 0 Å². The fourth-order valence-corrected chi connectivity index (χ4v) is 3.33. The Morgan fingerprint density at radius 1 is 1.25 bits per heavy atom. The summed E-state index contributed by atoms with van der Waals surface area (Å²) in [5.74, 6) is 1.22. The number of piperidine rings is 1. The third kappa shape index (κ3) is 1.64. The highest BCUT2D eigenvalue weighted by atomic mass is 16.3. The van der Waals surface area contributed by atoms with Crippen molar-refractivity contribution in [2.24, 2.45) is 17.8 Å². The van der Waals surface area contributed by atoms with Gasteiger partial charge in [0.25, 0.3) is 0 Å². The van der Waals surface area contributed by atoms with E-state index in [1.54, 1.807) is 0 Å². The van der Waals surface area contributed by atoms with Crippen LogP contribution in [0.1, 0.15) is 12.8 Å². The van der Waals surface area contributed by atoms with E-state index in [1.165, 1.54) is 25.9 Å². The number of aliphatic hydroxyl groups is 1. The van der Waals surface area contributed by atoms with Crippen LogP contribution < -0.4 is 0 Å². The SMILES string of the molecule is O=C1C2C(CO)C2CN1CCN1CCCC1. The number of likely N-dealkylation sites (tertiary alicyclic amines) is 2. The molecule has 4 heteroatoms. The van der Waals surface area contributed by atoms with Crippen molar-refractivity contribution in [1.29, 1.82) is 0 Å². The smallest absolute Gasteiger partial charge is 0.226 e. The van der Waals surface area contributed by atoms with E-state index in [0.29, 0.717) is 11.8 Å². The lowest BCUT2D eigenvalue weighted by molar-refractivity contribution is -0.131. The molecule has 4 nitrogen and oxygen atoms in total. The molecule has 2 heterocycles. The Labute approximate surface area is 96.2 Å². The van der Waals surface area contributed by atoms with Gasteiger partial charge in [-0.2, -0.15) is 0 Å². The van der Waals surface area contributed by atoms with Crippen LogP contribution in [0, 0.1) is 17.8 Å². The minimum Gasteiger partial charge on any atom is -0.396 e. The third-order valence-electron chi connectivity index (χ3n) is 4.46. The van der Waals surface area contributed by atoms with Crippen LogP contribution in [0.15, 0.2) is 0 Å². The molecule has 16 heavy (non-hydrogen) atoms. The molecule has 1 amide bonds. The van der Waals surface area contributed by atoms with Crippen LogP contribution in [0.3, 0.4) is 0 Å². The molecule has 2 aliphatic heterocycles. The highest BCUT2D eigenvalue weighted by Gasteiger charge is 2.60. The summed E-state index contributed by atoms with van der Waals surface area (Å²) in [6, 6.07) is 0. The highest BCUT2D eigenvalue weighted by molar-refractivity contribution is 5.85. The zero-order chi connectivity index (χ0) is 11.1. The van der Waals surface area contributed by atoms with Gasteiger partial charge in [-0.1, -0.05) is 0 Å². The van der Waals surface area contributed by atoms with Crippen molar-refractivity contribution in [3.63, 3.8) is 0 Å². The predicted octanol–water partition coefficient (Wildman–Crippen LogP) is -0.221. The summed E-state index contributed by atoms with van der Waals surface area (Å²) >= 11 is 0. The van der Waals surface area contributed by atoms with Gasteiger partial charge in [0.1, 0.15) is 0 Å². The standard InChI is InChI=1S/C12H20N2O2/c15-8-10-9-7-14(12(16)11(9)10)6-5-13-3-1-2-4-13/h9-11,15H,1-8H2. The van der Waals surface area contributed by atoms with Crippen LogP contribution in [-0.2, 0) is 4.79 Å². The lowest BCUT2D eigenvalue weighted by Crippen LogP contribution is -2.37. The second-order valence-corrected chi connectivity index (χ2v) is 5.37. The Morgan fingerprint density at radius 2 is 2.00 bits per heavy atom. The summed E-state index contributed by atoms with van der Waals surface area (Å²) in [6.45, 7) is 5.42. The van der Waals surface area contributed by atoms with Gasteiger partial charge in [0.2, 0.25) is 5.91 Å². The molecule has 0 spiro atoms.